The number of nitrogens with zero attached hydrogens (tertiary/aromatic N) is 4. The van der Waals surface area contributed by atoms with Gasteiger partial charge in [0.1, 0.15) is 23.8 Å². The van der Waals surface area contributed by atoms with Gasteiger partial charge in [-0.05, 0) is 53.1 Å². The van der Waals surface area contributed by atoms with Crippen LogP contribution in [0.1, 0.15) is 16.7 Å². The van der Waals surface area contributed by atoms with Crippen molar-refractivity contribution in [1.82, 2.24) is 25.1 Å². The minimum atomic E-state index is -0.865. The summed E-state index contributed by atoms with van der Waals surface area (Å²) >= 11 is 6.19. The van der Waals surface area contributed by atoms with E-state index in [0.29, 0.717) is 10.6 Å². The molecule has 0 bridgehead atoms. The number of halogens is 2. The van der Waals surface area contributed by atoms with Crippen LogP contribution in [0, 0.1) is 5.82 Å². The van der Waals surface area contributed by atoms with Gasteiger partial charge in [0.15, 0.2) is 0 Å². The van der Waals surface area contributed by atoms with Crippen molar-refractivity contribution in [1.29, 1.82) is 0 Å². The van der Waals surface area contributed by atoms with Gasteiger partial charge in [-0.2, -0.15) is 0 Å². The first-order valence-electron chi connectivity index (χ1n) is 12.8. The molecule has 40 heavy (non-hydrogen) atoms. The summed E-state index contributed by atoms with van der Waals surface area (Å²) in [7, 11) is 1.65. The third kappa shape index (κ3) is 5.88. The van der Waals surface area contributed by atoms with Gasteiger partial charge in [-0.3, -0.25) is 9.59 Å². The van der Waals surface area contributed by atoms with Crippen molar-refractivity contribution in [2.24, 2.45) is 0 Å². The fourth-order valence-electron chi connectivity index (χ4n) is 5.22. The van der Waals surface area contributed by atoms with Crippen LogP contribution in [0.25, 0.3) is 0 Å². The van der Waals surface area contributed by atoms with E-state index in [1.165, 1.54) is 34.2 Å². The zero-order chi connectivity index (χ0) is 28.4. The average Bonchev–Trinajstić information content (AvgIpc) is 2.91. The van der Waals surface area contributed by atoms with Crippen LogP contribution in [-0.4, -0.2) is 75.1 Å². The minimum Gasteiger partial charge on any atom is -0.508 e. The number of hydrogen-bond donors (Lipinski definition) is 2. The molecule has 0 radical (unpaired) electrons. The number of carbonyl (C=O) groups is 3. The minimum absolute atomic E-state index is 0.0892. The number of amides is 4. The first-order chi connectivity index (χ1) is 19.2. The van der Waals surface area contributed by atoms with Crippen molar-refractivity contribution >= 4 is 29.4 Å². The Morgan fingerprint density at radius 3 is 2.42 bits per heavy atom. The van der Waals surface area contributed by atoms with Gasteiger partial charge in [0.05, 0.1) is 13.1 Å². The highest BCUT2D eigenvalue weighted by Gasteiger charge is 2.50. The Bertz CT molecular complexity index is 1400. The first kappa shape index (κ1) is 27.4. The standard InChI is InChI=1S/C29H29ClFN5O4/c1-33-18-27(38)35-25(14-19-7-11-24(37)12-8-19)28(39)34(16-21-3-2-4-22(30)13-21)17-26(35)36(33)29(40)32-15-20-5-9-23(31)10-6-20/h2-13,25-26,37H,14-18H2,1H3,(H,32,40)/t25-,26-/m0/s1. The molecule has 0 saturated carbocycles. The number of piperazine rings is 1. The normalized spacial score (nSPS) is 19.5. The highest BCUT2D eigenvalue weighted by molar-refractivity contribution is 6.30. The molecular weight excluding hydrogens is 537 g/mol. The van der Waals surface area contributed by atoms with E-state index in [-0.39, 0.29) is 56.0 Å². The summed E-state index contributed by atoms with van der Waals surface area (Å²) in [5, 5.41) is 16.1. The van der Waals surface area contributed by atoms with E-state index in [4.69, 9.17) is 11.6 Å². The number of rotatable bonds is 6. The molecule has 2 saturated heterocycles. The van der Waals surface area contributed by atoms with Gasteiger partial charge in [0.2, 0.25) is 11.8 Å². The summed E-state index contributed by atoms with van der Waals surface area (Å²) in [5.74, 6) is -0.784. The zero-order valence-corrected chi connectivity index (χ0v) is 22.6. The van der Waals surface area contributed by atoms with Crippen LogP contribution < -0.4 is 5.32 Å². The molecule has 208 valence electrons. The van der Waals surface area contributed by atoms with Crippen LogP contribution >= 0.6 is 11.6 Å². The summed E-state index contributed by atoms with van der Waals surface area (Å²) in [6.45, 7) is 0.413. The molecular formula is C29H29ClFN5O4. The number of carbonyl (C=O) groups excluding carboxylic acids is 3. The van der Waals surface area contributed by atoms with E-state index in [0.717, 1.165) is 11.1 Å². The topological polar surface area (TPSA) is 96.4 Å². The molecule has 4 amide bonds. The Labute approximate surface area is 236 Å². The van der Waals surface area contributed by atoms with Crippen LogP contribution in [0.2, 0.25) is 5.02 Å². The number of likely N-dealkylation sites (N-methyl/N-ethyl adjacent to an activating group) is 1. The van der Waals surface area contributed by atoms with E-state index in [9.17, 15) is 23.9 Å². The molecule has 0 spiro atoms. The SMILES string of the molecule is CN1CC(=O)N2[C@@H](Cc3ccc(O)cc3)C(=O)N(Cc3cccc(Cl)c3)C[C@@H]2N1C(=O)NCc1ccc(F)cc1. The molecule has 2 N–H and O–H groups in total. The molecule has 2 aliphatic rings. The predicted molar refractivity (Wildman–Crippen MR) is 146 cm³/mol. The number of benzene rings is 3. The maximum absolute atomic E-state index is 13.9. The number of hydrogen-bond acceptors (Lipinski definition) is 5. The summed E-state index contributed by atoms with van der Waals surface area (Å²) in [6, 6.07) is 18.2. The molecule has 11 heteroatoms. The second-order valence-electron chi connectivity index (χ2n) is 9.96. The Morgan fingerprint density at radius 1 is 1.02 bits per heavy atom. The molecule has 5 rings (SSSR count). The Hall–Kier alpha value is -4.15. The summed E-state index contributed by atoms with van der Waals surface area (Å²) in [6.07, 6.45) is -0.555. The smallest absolute Gasteiger partial charge is 0.334 e. The van der Waals surface area contributed by atoms with Crippen molar-refractivity contribution in [3.8, 4) is 5.75 Å². The number of fused-ring (bicyclic) bond motifs is 1. The number of phenolic OH excluding ortho intramolecular Hbond substituents is 1. The largest absolute Gasteiger partial charge is 0.508 e. The molecule has 0 aliphatic carbocycles. The van der Waals surface area contributed by atoms with Crippen molar-refractivity contribution in [2.45, 2.75) is 31.7 Å². The Kier molecular flexibility index (Phi) is 7.90. The maximum Gasteiger partial charge on any atom is 0.334 e. The highest BCUT2D eigenvalue weighted by atomic mass is 35.5. The first-order valence-corrected chi connectivity index (χ1v) is 13.2. The third-order valence-electron chi connectivity index (χ3n) is 7.13. The maximum atomic E-state index is 13.9. The number of nitrogens with one attached hydrogen (secondary N) is 1. The molecule has 2 fully saturated rings. The highest BCUT2D eigenvalue weighted by Crippen LogP contribution is 2.29. The number of aromatic hydroxyl groups is 1. The molecule has 0 aromatic heterocycles. The van der Waals surface area contributed by atoms with Crippen LogP contribution in [0.3, 0.4) is 0 Å². The van der Waals surface area contributed by atoms with Crippen molar-refractivity contribution in [2.75, 3.05) is 20.1 Å². The fourth-order valence-corrected chi connectivity index (χ4v) is 5.43. The molecule has 2 atom stereocenters. The second-order valence-corrected chi connectivity index (χ2v) is 10.4. The van der Waals surface area contributed by atoms with Gasteiger partial charge in [-0.15, -0.1) is 0 Å². The zero-order valence-electron chi connectivity index (χ0n) is 21.8. The van der Waals surface area contributed by atoms with Gasteiger partial charge >= 0.3 is 6.03 Å². The molecule has 3 aromatic carbocycles. The fraction of sp³-hybridized carbons (Fsp3) is 0.276. The van der Waals surface area contributed by atoms with Gasteiger partial charge in [-0.25, -0.2) is 19.2 Å². The van der Waals surface area contributed by atoms with E-state index < -0.39 is 18.2 Å². The van der Waals surface area contributed by atoms with Gasteiger partial charge in [0.25, 0.3) is 0 Å². The summed E-state index contributed by atoms with van der Waals surface area (Å²) in [4.78, 5) is 43.9. The lowest BCUT2D eigenvalue weighted by molar-refractivity contribution is -0.187. The molecule has 9 nitrogen and oxygen atoms in total. The van der Waals surface area contributed by atoms with Gasteiger partial charge in [0, 0.05) is 31.6 Å². The molecule has 2 aliphatic heterocycles. The van der Waals surface area contributed by atoms with Gasteiger partial charge < -0.3 is 20.2 Å². The Balaban J connectivity index is 1.45. The summed E-state index contributed by atoms with van der Waals surface area (Å²) < 4.78 is 13.3. The lowest BCUT2D eigenvalue weighted by atomic mass is 9.98. The monoisotopic (exact) mass is 565 g/mol. The van der Waals surface area contributed by atoms with Crippen LogP contribution in [0.5, 0.6) is 5.75 Å². The third-order valence-corrected chi connectivity index (χ3v) is 7.37. The molecule has 3 aromatic rings. The van der Waals surface area contributed by atoms with Gasteiger partial charge in [-0.1, -0.05) is 48.0 Å². The molecule has 0 unspecified atom stereocenters. The second kappa shape index (κ2) is 11.5. The van der Waals surface area contributed by atoms with E-state index in [1.54, 1.807) is 59.4 Å². The van der Waals surface area contributed by atoms with Crippen molar-refractivity contribution < 1.29 is 23.9 Å². The predicted octanol–water partition coefficient (Wildman–Crippen LogP) is 3.37. The lowest BCUT2D eigenvalue weighted by Crippen LogP contribution is -2.76. The van der Waals surface area contributed by atoms with E-state index >= 15 is 0 Å². The number of hydrazine groups is 1. The quantitative estimate of drug-likeness (QED) is 0.478. The van der Waals surface area contributed by atoms with Crippen LogP contribution in [-0.2, 0) is 29.1 Å². The van der Waals surface area contributed by atoms with Crippen molar-refractivity contribution in [3.05, 3.63) is 100 Å². The van der Waals surface area contributed by atoms with E-state index in [1.807, 2.05) is 6.07 Å². The average molecular weight is 566 g/mol. The Morgan fingerprint density at radius 2 is 1.73 bits per heavy atom. The molecule has 2 heterocycles. The van der Waals surface area contributed by atoms with Crippen LogP contribution in [0.4, 0.5) is 9.18 Å². The van der Waals surface area contributed by atoms with Crippen LogP contribution in [0.15, 0.2) is 72.8 Å². The number of phenols is 1. The lowest BCUT2D eigenvalue weighted by Gasteiger charge is -2.54. The number of urea groups is 1. The van der Waals surface area contributed by atoms with Crippen molar-refractivity contribution in [3.63, 3.8) is 0 Å². The van der Waals surface area contributed by atoms with E-state index in [2.05, 4.69) is 5.32 Å². The summed E-state index contributed by atoms with van der Waals surface area (Å²) in [5.41, 5.74) is 2.30.